The summed E-state index contributed by atoms with van der Waals surface area (Å²) in [6.45, 7) is 6.98. The Morgan fingerprint density at radius 2 is 1.74 bits per heavy atom. The van der Waals surface area contributed by atoms with Gasteiger partial charge in [0.15, 0.2) is 0 Å². The molecule has 1 aromatic heterocycles. The molecule has 1 aliphatic rings. The topological polar surface area (TPSA) is 48.5 Å². The van der Waals surface area contributed by atoms with Gasteiger partial charge in [-0.25, -0.2) is 4.98 Å². The van der Waals surface area contributed by atoms with E-state index in [9.17, 15) is 18.0 Å². The van der Waals surface area contributed by atoms with Gasteiger partial charge in [0, 0.05) is 31.9 Å². The molecule has 0 atom stereocenters. The average Bonchev–Trinajstić information content (AvgIpc) is 2.68. The van der Waals surface area contributed by atoms with Gasteiger partial charge in [-0.2, -0.15) is 13.2 Å². The van der Waals surface area contributed by atoms with Crippen molar-refractivity contribution in [1.82, 2.24) is 9.88 Å². The van der Waals surface area contributed by atoms with Crippen molar-refractivity contribution in [1.29, 1.82) is 0 Å². The Labute approximate surface area is 155 Å². The SMILES string of the molecule is CCN1CCN(c2ccc(C(=O)Nc3ccc(C(F)(F)F)cc3)nc2)CC1. The fourth-order valence-corrected chi connectivity index (χ4v) is 2.97. The van der Waals surface area contributed by atoms with Crippen LogP contribution in [0.25, 0.3) is 0 Å². The third kappa shape index (κ3) is 4.77. The number of carbonyl (C=O) groups is 1. The molecule has 0 saturated carbocycles. The second kappa shape index (κ2) is 7.96. The quantitative estimate of drug-likeness (QED) is 0.885. The van der Waals surface area contributed by atoms with Gasteiger partial charge in [0.25, 0.3) is 5.91 Å². The van der Waals surface area contributed by atoms with Gasteiger partial charge >= 0.3 is 6.18 Å². The van der Waals surface area contributed by atoms with Crippen LogP contribution in [-0.4, -0.2) is 48.5 Å². The lowest BCUT2D eigenvalue weighted by atomic mass is 10.2. The lowest BCUT2D eigenvalue weighted by Crippen LogP contribution is -2.46. The van der Waals surface area contributed by atoms with Gasteiger partial charge in [-0.15, -0.1) is 0 Å². The van der Waals surface area contributed by atoms with Crippen LogP contribution in [-0.2, 0) is 6.18 Å². The van der Waals surface area contributed by atoms with Crippen LogP contribution in [0.15, 0.2) is 42.6 Å². The zero-order valence-corrected chi connectivity index (χ0v) is 15.0. The maximum Gasteiger partial charge on any atom is 0.416 e. The molecule has 0 bridgehead atoms. The largest absolute Gasteiger partial charge is 0.416 e. The smallest absolute Gasteiger partial charge is 0.368 e. The highest BCUT2D eigenvalue weighted by atomic mass is 19.4. The number of likely N-dealkylation sites (N-methyl/N-ethyl adjacent to an activating group) is 1. The predicted octanol–water partition coefficient (Wildman–Crippen LogP) is 3.49. The number of anilines is 2. The molecule has 27 heavy (non-hydrogen) atoms. The number of nitrogens with one attached hydrogen (secondary N) is 1. The Hall–Kier alpha value is -2.61. The summed E-state index contributed by atoms with van der Waals surface area (Å²) < 4.78 is 37.7. The van der Waals surface area contributed by atoms with E-state index < -0.39 is 17.6 Å². The first-order valence-corrected chi connectivity index (χ1v) is 8.79. The first kappa shape index (κ1) is 19.2. The van der Waals surface area contributed by atoms with Gasteiger partial charge in [-0.1, -0.05) is 6.92 Å². The zero-order chi connectivity index (χ0) is 19.4. The molecular formula is C19H21F3N4O. The fourth-order valence-electron chi connectivity index (χ4n) is 2.97. The number of halogens is 3. The lowest BCUT2D eigenvalue weighted by molar-refractivity contribution is -0.137. The van der Waals surface area contributed by atoms with Gasteiger partial charge in [0.05, 0.1) is 17.4 Å². The first-order chi connectivity index (χ1) is 12.9. The number of hydrogen-bond donors (Lipinski definition) is 1. The molecule has 0 unspecified atom stereocenters. The number of aromatic nitrogens is 1. The van der Waals surface area contributed by atoms with Gasteiger partial charge in [0.1, 0.15) is 5.69 Å². The predicted molar refractivity (Wildman–Crippen MR) is 98.0 cm³/mol. The molecule has 0 spiro atoms. The van der Waals surface area contributed by atoms with Gasteiger partial charge in [-0.3, -0.25) is 4.79 Å². The van der Waals surface area contributed by atoms with E-state index >= 15 is 0 Å². The molecule has 1 amide bonds. The van der Waals surface area contributed by atoms with Crippen molar-refractivity contribution in [3.63, 3.8) is 0 Å². The molecule has 144 valence electrons. The van der Waals surface area contributed by atoms with E-state index in [0.29, 0.717) is 0 Å². The summed E-state index contributed by atoms with van der Waals surface area (Å²) in [6.07, 6.45) is -2.74. The zero-order valence-electron chi connectivity index (χ0n) is 15.0. The third-order valence-corrected chi connectivity index (χ3v) is 4.64. The maximum absolute atomic E-state index is 12.6. The summed E-state index contributed by atoms with van der Waals surface area (Å²) in [5.74, 6) is -0.461. The number of hydrogen-bond acceptors (Lipinski definition) is 4. The summed E-state index contributed by atoms with van der Waals surface area (Å²) in [5.41, 5.74) is 0.698. The monoisotopic (exact) mass is 378 g/mol. The molecule has 1 fully saturated rings. The minimum Gasteiger partial charge on any atom is -0.368 e. The molecule has 1 aromatic carbocycles. The van der Waals surface area contributed by atoms with E-state index in [2.05, 4.69) is 27.0 Å². The maximum atomic E-state index is 12.6. The van der Waals surface area contributed by atoms with E-state index in [0.717, 1.165) is 50.5 Å². The van der Waals surface area contributed by atoms with E-state index in [1.54, 1.807) is 12.3 Å². The van der Waals surface area contributed by atoms with Crippen LogP contribution in [0.3, 0.4) is 0 Å². The normalized spacial score (nSPS) is 15.6. The van der Waals surface area contributed by atoms with Gasteiger partial charge in [0.2, 0.25) is 0 Å². The highest BCUT2D eigenvalue weighted by Gasteiger charge is 2.30. The Kier molecular flexibility index (Phi) is 5.65. The average molecular weight is 378 g/mol. The molecule has 1 N–H and O–H groups in total. The van der Waals surface area contributed by atoms with E-state index in [1.807, 2.05) is 6.07 Å². The third-order valence-electron chi connectivity index (χ3n) is 4.64. The minimum atomic E-state index is -4.40. The number of rotatable bonds is 4. The summed E-state index contributed by atoms with van der Waals surface area (Å²) in [7, 11) is 0. The van der Waals surface area contributed by atoms with E-state index in [4.69, 9.17) is 0 Å². The molecule has 0 aliphatic carbocycles. The summed E-state index contributed by atoms with van der Waals surface area (Å²) >= 11 is 0. The summed E-state index contributed by atoms with van der Waals surface area (Å²) in [5, 5.41) is 2.56. The van der Waals surface area contributed by atoms with Crippen molar-refractivity contribution < 1.29 is 18.0 Å². The fraction of sp³-hybridized carbons (Fsp3) is 0.368. The van der Waals surface area contributed by atoms with Crippen LogP contribution < -0.4 is 10.2 Å². The van der Waals surface area contributed by atoms with Crippen molar-refractivity contribution in [3.05, 3.63) is 53.9 Å². The second-order valence-corrected chi connectivity index (χ2v) is 6.35. The Morgan fingerprint density at radius 1 is 1.07 bits per heavy atom. The number of carbonyl (C=O) groups excluding carboxylic acids is 1. The number of nitrogens with zero attached hydrogens (tertiary/aromatic N) is 3. The molecular weight excluding hydrogens is 357 g/mol. The molecule has 0 radical (unpaired) electrons. The van der Waals surface area contributed by atoms with Crippen molar-refractivity contribution in [2.24, 2.45) is 0 Å². The molecule has 2 aromatic rings. The number of piperazine rings is 1. The Bertz CT molecular complexity index is 767. The molecule has 5 nitrogen and oxygen atoms in total. The van der Waals surface area contributed by atoms with Crippen LogP contribution in [0, 0.1) is 0 Å². The Morgan fingerprint density at radius 3 is 2.26 bits per heavy atom. The first-order valence-electron chi connectivity index (χ1n) is 8.79. The minimum absolute atomic E-state index is 0.214. The number of amides is 1. The van der Waals surface area contributed by atoms with Crippen LogP contribution in [0.1, 0.15) is 23.0 Å². The highest BCUT2D eigenvalue weighted by Crippen LogP contribution is 2.29. The van der Waals surface area contributed by atoms with Gasteiger partial charge in [-0.05, 0) is 42.9 Å². The highest BCUT2D eigenvalue weighted by molar-refractivity contribution is 6.02. The van der Waals surface area contributed by atoms with E-state index in [-0.39, 0.29) is 11.4 Å². The molecule has 1 aliphatic heterocycles. The summed E-state index contributed by atoms with van der Waals surface area (Å²) in [6, 6.07) is 7.78. The van der Waals surface area contributed by atoms with Crippen LogP contribution in [0.2, 0.25) is 0 Å². The second-order valence-electron chi connectivity index (χ2n) is 6.35. The van der Waals surface area contributed by atoms with Gasteiger partial charge < -0.3 is 15.1 Å². The number of alkyl halides is 3. The standard InChI is InChI=1S/C19H21F3N4O/c1-2-25-9-11-26(12-10-25)16-7-8-17(23-13-16)18(27)24-15-5-3-14(4-6-15)19(20,21)22/h3-8,13H,2,9-12H2,1H3,(H,24,27). The van der Waals surface area contributed by atoms with Crippen molar-refractivity contribution >= 4 is 17.3 Å². The molecule has 3 rings (SSSR count). The molecule has 2 heterocycles. The Balaban J connectivity index is 1.61. The number of pyridine rings is 1. The molecule has 8 heteroatoms. The molecule has 1 saturated heterocycles. The van der Waals surface area contributed by atoms with E-state index in [1.165, 1.54) is 12.1 Å². The van der Waals surface area contributed by atoms with Crippen LogP contribution in [0.4, 0.5) is 24.5 Å². The lowest BCUT2D eigenvalue weighted by Gasteiger charge is -2.35. The number of benzene rings is 1. The van der Waals surface area contributed by atoms with Crippen molar-refractivity contribution in [2.75, 3.05) is 42.9 Å². The summed E-state index contributed by atoms with van der Waals surface area (Å²) in [4.78, 5) is 21.0. The van der Waals surface area contributed by atoms with Crippen LogP contribution >= 0.6 is 0 Å². The van der Waals surface area contributed by atoms with Crippen molar-refractivity contribution in [2.45, 2.75) is 13.1 Å². The van der Waals surface area contributed by atoms with Crippen LogP contribution in [0.5, 0.6) is 0 Å². The van der Waals surface area contributed by atoms with Crippen molar-refractivity contribution in [3.8, 4) is 0 Å².